The van der Waals surface area contributed by atoms with E-state index in [1.807, 2.05) is 31.7 Å². The second-order valence-electron chi connectivity index (χ2n) is 16.5. The molecule has 0 aliphatic carbocycles. The van der Waals surface area contributed by atoms with Crippen molar-refractivity contribution in [2.75, 3.05) is 31.1 Å². The molecule has 2 aromatic carbocycles. The summed E-state index contributed by atoms with van der Waals surface area (Å²) in [5.74, 6) is 1.90. The minimum Gasteiger partial charge on any atom is -0.461 e. The number of pyridine rings is 1. The molecule has 5 aliphatic rings. The quantitative estimate of drug-likeness (QED) is 0.205. The minimum absolute atomic E-state index is 0.00257. The van der Waals surface area contributed by atoms with Crippen molar-refractivity contribution >= 4 is 33.6 Å². The van der Waals surface area contributed by atoms with Crippen LogP contribution in [0, 0.1) is 29.9 Å². The monoisotopic (exact) mass is 706 g/mol. The summed E-state index contributed by atoms with van der Waals surface area (Å²) in [7, 11) is 0. The van der Waals surface area contributed by atoms with Crippen LogP contribution in [0.5, 0.6) is 6.01 Å². The first-order valence-electron chi connectivity index (χ1n) is 18.7. The van der Waals surface area contributed by atoms with Crippen molar-refractivity contribution in [3.63, 3.8) is 0 Å². The molecule has 52 heavy (non-hydrogen) atoms. The molecule has 11 heteroatoms. The summed E-state index contributed by atoms with van der Waals surface area (Å²) in [6.45, 7) is 10.9. The lowest BCUT2D eigenvalue weighted by atomic mass is 9.88. The predicted molar refractivity (Wildman–Crippen MR) is 195 cm³/mol. The Morgan fingerprint density at radius 1 is 1.06 bits per heavy atom. The van der Waals surface area contributed by atoms with E-state index in [9.17, 15) is 4.79 Å². The van der Waals surface area contributed by atoms with Crippen LogP contribution in [-0.2, 0) is 11.2 Å². The van der Waals surface area contributed by atoms with Gasteiger partial charge in [0, 0.05) is 17.5 Å². The number of ether oxygens (including phenoxy) is 2. The average molecular weight is 707 g/mol. The fourth-order valence-corrected chi connectivity index (χ4v) is 10.1. The van der Waals surface area contributed by atoms with Gasteiger partial charge >= 0.3 is 12.1 Å². The van der Waals surface area contributed by atoms with Crippen LogP contribution in [0.4, 0.5) is 19.4 Å². The molecule has 4 saturated heterocycles. The zero-order valence-corrected chi connectivity index (χ0v) is 30.2. The number of benzene rings is 2. The van der Waals surface area contributed by atoms with Crippen molar-refractivity contribution in [3.8, 4) is 29.6 Å². The molecule has 7 heterocycles. The van der Waals surface area contributed by atoms with Crippen molar-refractivity contribution < 1.29 is 23.0 Å². The Kier molecular flexibility index (Phi) is 7.67. The van der Waals surface area contributed by atoms with E-state index in [-0.39, 0.29) is 58.5 Å². The first kappa shape index (κ1) is 33.3. The largest absolute Gasteiger partial charge is 0.461 e. The molecule has 4 fully saturated rings. The lowest BCUT2D eigenvalue weighted by Crippen LogP contribution is -2.63. The first-order valence-corrected chi connectivity index (χ1v) is 18.7. The molecule has 9 rings (SSSR count). The number of rotatable bonds is 4. The zero-order valence-electron chi connectivity index (χ0n) is 30.2. The lowest BCUT2D eigenvalue weighted by molar-refractivity contribution is 0.00490. The molecular formula is C41H44F2N6O3. The minimum atomic E-state index is -0.630. The van der Waals surface area contributed by atoms with Crippen molar-refractivity contribution in [1.82, 2.24) is 24.8 Å². The third-order valence-corrected chi connectivity index (χ3v) is 12.2. The van der Waals surface area contributed by atoms with Gasteiger partial charge in [-0.25, -0.2) is 18.6 Å². The number of nitrogens with zero attached hydrogens (tertiary/aromatic N) is 6. The molecule has 2 aromatic heterocycles. The predicted octanol–water partition coefficient (Wildman–Crippen LogP) is 7.26. The number of carbonyl (C=O) groups excluding carboxylic acids is 1. The van der Waals surface area contributed by atoms with Gasteiger partial charge in [-0.1, -0.05) is 37.1 Å². The van der Waals surface area contributed by atoms with Crippen LogP contribution >= 0.6 is 0 Å². The summed E-state index contributed by atoms with van der Waals surface area (Å²) in [6, 6.07) is 8.14. The highest BCUT2D eigenvalue weighted by Gasteiger charge is 2.53. The number of halogens is 2. The van der Waals surface area contributed by atoms with E-state index in [2.05, 4.69) is 22.6 Å². The van der Waals surface area contributed by atoms with Gasteiger partial charge in [-0.2, -0.15) is 9.97 Å². The molecule has 0 unspecified atom stereocenters. The summed E-state index contributed by atoms with van der Waals surface area (Å²) in [6.07, 6.45) is 12.0. The van der Waals surface area contributed by atoms with Gasteiger partial charge in [0.25, 0.3) is 0 Å². The van der Waals surface area contributed by atoms with Gasteiger partial charge in [-0.15, -0.1) is 6.42 Å². The maximum Gasteiger partial charge on any atom is 0.410 e. The molecule has 0 spiro atoms. The highest BCUT2D eigenvalue weighted by molar-refractivity contribution is 6.03. The van der Waals surface area contributed by atoms with E-state index in [0.717, 1.165) is 51.6 Å². The molecule has 4 aromatic rings. The molecular weight excluding hydrogens is 662 g/mol. The van der Waals surface area contributed by atoms with E-state index in [1.165, 1.54) is 6.07 Å². The smallest absolute Gasteiger partial charge is 0.410 e. The van der Waals surface area contributed by atoms with Gasteiger partial charge in [-0.05, 0) is 96.2 Å². The normalized spacial score (nSPS) is 24.9. The third-order valence-electron chi connectivity index (χ3n) is 12.2. The number of terminal acetylenes is 1. The van der Waals surface area contributed by atoms with Gasteiger partial charge in [0.2, 0.25) is 0 Å². The van der Waals surface area contributed by atoms with Gasteiger partial charge in [0.05, 0.1) is 40.3 Å². The van der Waals surface area contributed by atoms with Gasteiger partial charge in [-0.3, -0.25) is 9.80 Å². The number of carbonyl (C=O) groups is 1. The van der Waals surface area contributed by atoms with Crippen LogP contribution in [-0.4, -0.2) is 86.4 Å². The fourth-order valence-electron chi connectivity index (χ4n) is 10.1. The van der Waals surface area contributed by atoms with Crippen LogP contribution in [0.25, 0.3) is 32.9 Å². The number of hydrogen-bond donors (Lipinski definition) is 0. The number of amides is 1. The molecule has 2 bridgehead atoms. The Balaban J connectivity index is 1.22. The summed E-state index contributed by atoms with van der Waals surface area (Å²) in [5, 5.41) is 1.67. The highest BCUT2D eigenvalue weighted by Crippen LogP contribution is 2.47. The van der Waals surface area contributed by atoms with Crippen LogP contribution in [0.15, 0.2) is 30.3 Å². The van der Waals surface area contributed by atoms with E-state index in [1.54, 1.807) is 18.2 Å². The van der Waals surface area contributed by atoms with Crippen molar-refractivity contribution in [1.29, 1.82) is 0 Å². The van der Waals surface area contributed by atoms with Crippen molar-refractivity contribution in [2.45, 2.75) is 102 Å². The fraction of sp³-hybridized carbons (Fsp3) is 0.512. The third kappa shape index (κ3) is 5.12. The molecule has 0 N–H and O–H groups in total. The second kappa shape index (κ2) is 12.0. The highest BCUT2D eigenvalue weighted by atomic mass is 19.1. The second-order valence-corrected chi connectivity index (χ2v) is 16.5. The zero-order chi connectivity index (χ0) is 36.1. The number of anilines is 1. The number of fused-ring (bicyclic) bond motifs is 7. The number of piperazine rings is 1. The summed E-state index contributed by atoms with van der Waals surface area (Å²) in [4.78, 5) is 35.4. The van der Waals surface area contributed by atoms with E-state index < -0.39 is 17.2 Å². The Bertz CT molecular complexity index is 2170. The van der Waals surface area contributed by atoms with Crippen LogP contribution in [0.2, 0.25) is 0 Å². The summed E-state index contributed by atoms with van der Waals surface area (Å²) >= 11 is 0. The molecule has 0 saturated carbocycles. The standard InChI is InChI=1S/C41H44F2N6O3/c1-6-26-28(42)14-12-24-10-7-11-27(31(24)26)34-33(43)35-32-29(44-34)20-23(2)36-30-15-13-25(49(30)39(50)52-40(3,4)5)21-48(36)37(32)46-38(45-35)51-22-41-16-8-18-47(41)19-9-17-41/h1,7,10-12,14,23,25,30,36H,8-9,13,15-22H2,2-5H3/t23-,25+,30-,36-/m0/s1. The Hall–Kier alpha value is -4.56. The molecule has 270 valence electrons. The van der Waals surface area contributed by atoms with E-state index in [4.69, 9.17) is 30.8 Å². The summed E-state index contributed by atoms with van der Waals surface area (Å²) < 4.78 is 44.9. The van der Waals surface area contributed by atoms with Crippen LogP contribution < -0.4 is 9.64 Å². The molecule has 9 nitrogen and oxygen atoms in total. The van der Waals surface area contributed by atoms with Crippen LogP contribution in [0.3, 0.4) is 0 Å². The van der Waals surface area contributed by atoms with E-state index in [0.29, 0.717) is 52.8 Å². The lowest BCUT2D eigenvalue weighted by Gasteiger charge is -2.49. The number of hydrogen-bond acceptors (Lipinski definition) is 8. The van der Waals surface area contributed by atoms with Gasteiger partial charge in [0.1, 0.15) is 35.1 Å². The van der Waals surface area contributed by atoms with Gasteiger partial charge in [0.15, 0.2) is 5.82 Å². The summed E-state index contributed by atoms with van der Waals surface area (Å²) in [5.41, 5.74) is 0.616. The topological polar surface area (TPSA) is 83.9 Å². The molecule has 0 radical (unpaired) electrons. The average Bonchev–Trinajstić information content (AvgIpc) is 3.76. The van der Waals surface area contributed by atoms with Crippen molar-refractivity contribution in [3.05, 3.63) is 53.2 Å². The van der Waals surface area contributed by atoms with Crippen molar-refractivity contribution in [2.24, 2.45) is 5.92 Å². The Labute approximate surface area is 302 Å². The maximum atomic E-state index is 17.4. The van der Waals surface area contributed by atoms with Crippen LogP contribution in [0.1, 0.15) is 77.5 Å². The maximum absolute atomic E-state index is 17.4. The number of aromatic nitrogens is 3. The first-order chi connectivity index (χ1) is 25.0. The molecule has 4 atom stereocenters. The Morgan fingerprint density at radius 3 is 2.60 bits per heavy atom. The van der Waals surface area contributed by atoms with E-state index >= 15 is 8.78 Å². The SMILES string of the molecule is C#Cc1c(F)ccc2cccc(-c3nc4c5c(nc(OCC67CCCN6CCC7)nc5c3F)N3C[C@H]5CC[C@@H]([C@@H]3[C@@H](C)C4)N5C(=O)OC(C)(C)C)c12. The van der Waals surface area contributed by atoms with Gasteiger partial charge < -0.3 is 14.4 Å². The Morgan fingerprint density at radius 2 is 1.85 bits per heavy atom. The molecule has 1 amide bonds. The molecule has 5 aliphatic heterocycles.